The van der Waals surface area contributed by atoms with Gasteiger partial charge in [-0.2, -0.15) is 0 Å². The Morgan fingerprint density at radius 2 is 2.21 bits per heavy atom. The maximum atomic E-state index is 13.2. The Bertz CT molecular complexity index is 390. The molecule has 14 heavy (non-hydrogen) atoms. The summed E-state index contributed by atoms with van der Waals surface area (Å²) in [6, 6.07) is 4.46. The first-order chi connectivity index (χ1) is 6.56. The van der Waals surface area contributed by atoms with Crippen molar-refractivity contribution in [2.45, 2.75) is 0 Å². The third-order valence-electron chi connectivity index (χ3n) is 1.80. The van der Waals surface area contributed by atoms with E-state index in [9.17, 15) is 4.39 Å². The van der Waals surface area contributed by atoms with E-state index in [0.29, 0.717) is 11.1 Å². The van der Waals surface area contributed by atoms with E-state index in [1.54, 1.807) is 6.07 Å². The lowest BCUT2D eigenvalue weighted by atomic mass is 10.1. The summed E-state index contributed by atoms with van der Waals surface area (Å²) in [6.07, 6.45) is 0. The van der Waals surface area contributed by atoms with Crippen molar-refractivity contribution in [2.75, 3.05) is 7.11 Å². The topological polar surface area (TPSA) is 35.2 Å². The first-order valence-electron chi connectivity index (χ1n) is 3.89. The molecule has 0 aliphatic rings. The van der Waals surface area contributed by atoms with Crippen LogP contribution >= 0.6 is 12.2 Å². The zero-order valence-electron chi connectivity index (χ0n) is 7.71. The fourth-order valence-electron chi connectivity index (χ4n) is 0.996. The molecule has 0 spiro atoms. The molecule has 1 rings (SSSR count). The van der Waals surface area contributed by atoms with Gasteiger partial charge < -0.3 is 10.5 Å². The molecule has 1 aromatic carbocycles. The van der Waals surface area contributed by atoms with Gasteiger partial charge in [0.05, 0.1) is 7.11 Å². The van der Waals surface area contributed by atoms with Crippen molar-refractivity contribution in [3.8, 4) is 5.75 Å². The van der Waals surface area contributed by atoms with Crippen LogP contribution in [0.1, 0.15) is 5.56 Å². The van der Waals surface area contributed by atoms with E-state index < -0.39 is 5.82 Å². The van der Waals surface area contributed by atoms with Crippen LogP contribution in [-0.4, -0.2) is 12.1 Å². The van der Waals surface area contributed by atoms with Crippen LogP contribution < -0.4 is 10.5 Å². The molecule has 0 saturated carbocycles. The highest BCUT2D eigenvalue weighted by Gasteiger charge is 2.06. The zero-order valence-corrected chi connectivity index (χ0v) is 8.53. The minimum Gasteiger partial charge on any atom is -0.494 e. The number of methoxy groups -OCH3 is 1. The van der Waals surface area contributed by atoms with Crippen LogP contribution in [0.2, 0.25) is 0 Å². The molecule has 2 N–H and O–H groups in total. The molecule has 0 atom stereocenters. The Kier molecular flexibility index (Phi) is 3.19. The van der Waals surface area contributed by atoms with Gasteiger partial charge in [0.25, 0.3) is 0 Å². The van der Waals surface area contributed by atoms with Crippen LogP contribution in [0.15, 0.2) is 24.8 Å². The molecule has 1 aromatic rings. The molecule has 0 aliphatic heterocycles. The standard InChI is InChI=1S/C10H10FNOS/c1-6(10(12)14)7-3-4-9(13-2)8(11)5-7/h3-5H,1H2,2H3,(H2,12,14). The minimum absolute atomic E-state index is 0.162. The SMILES string of the molecule is C=C(C(N)=S)c1ccc(OC)c(F)c1. The summed E-state index contributed by atoms with van der Waals surface area (Å²) >= 11 is 4.73. The fraction of sp³-hybridized carbons (Fsp3) is 0.100. The molecule has 0 radical (unpaired) electrons. The van der Waals surface area contributed by atoms with Crippen LogP contribution in [-0.2, 0) is 0 Å². The number of thiocarbonyl (C=S) groups is 1. The van der Waals surface area contributed by atoms with E-state index >= 15 is 0 Å². The third kappa shape index (κ3) is 2.09. The van der Waals surface area contributed by atoms with E-state index in [1.165, 1.54) is 19.2 Å². The van der Waals surface area contributed by atoms with E-state index in [1.807, 2.05) is 0 Å². The highest BCUT2D eigenvalue weighted by Crippen LogP contribution is 2.21. The van der Waals surface area contributed by atoms with Crippen molar-refractivity contribution in [2.24, 2.45) is 5.73 Å². The normalized spacial score (nSPS) is 9.57. The molecular formula is C10H10FNOS. The van der Waals surface area contributed by atoms with Gasteiger partial charge in [-0.25, -0.2) is 4.39 Å². The van der Waals surface area contributed by atoms with Crippen molar-refractivity contribution in [1.82, 2.24) is 0 Å². The Morgan fingerprint density at radius 1 is 1.57 bits per heavy atom. The molecule has 2 nitrogen and oxygen atoms in total. The number of hydrogen-bond donors (Lipinski definition) is 1. The first kappa shape index (κ1) is 10.7. The second-order valence-electron chi connectivity index (χ2n) is 2.69. The Balaban J connectivity index is 3.09. The van der Waals surface area contributed by atoms with Gasteiger partial charge in [0.2, 0.25) is 0 Å². The van der Waals surface area contributed by atoms with Crippen molar-refractivity contribution >= 4 is 22.8 Å². The number of ether oxygens (including phenoxy) is 1. The molecule has 74 valence electrons. The van der Waals surface area contributed by atoms with E-state index in [4.69, 9.17) is 22.7 Å². The van der Waals surface area contributed by atoms with Gasteiger partial charge in [0.1, 0.15) is 4.99 Å². The number of nitrogens with two attached hydrogens (primary N) is 1. The number of rotatable bonds is 3. The summed E-state index contributed by atoms with van der Waals surface area (Å²) in [7, 11) is 1.40. The summed E-state index contributed by atoms with van der Waals surface area (Å²) in [5, 5.41) is 0. The van der Waals surface area contributed by atoms with Crippen LogP contribution in [0.4, 0.5) is 4.39 Å². The molecular weight excluding hydrogens is 201 g/mol. The number of benzene rings is 1. The molecule has 0 fully saturated rings. The lowest BCUT2D eigenvalue weighted by molar-refractivity contribution is 0.386. The van der Waals surface area contributed by atoms with Crippen LogP contribution in [0.3, 0.4) is 0 Å². The highest BCUT2D eigenvalue weighted by molar-refractivity contribution is 7.81. The minimum atomic E-state index is -0.456. The zero-order chi connectivity index (χ0) is 10.7. The molecule has 4 heteroatoms. The van der Waals surface area contributed by atoms with Gasteiger partial charge in [-0.1, -0.05) is 24.9 Å². The fourth-order valence-corrected chi connectivity index (χ4v) is 1.11. The second kappa shape index (κ2) is 4.19. The van der Waals surface area contributed by atoms with Gasteiger partial charge in [-0.3, -0.25) is 0 Å². The summed E-state index contributed by atoms with van der Waals surface area (Å²) in [6.45, 7) is 3.65. The molecule has 0 bridgehead atoms. The average Bonchev–Trinajstić information content (AvgIpc) is 2.16. The van der Waals surface area contributed by atoms with E-state index in [-0.39, 0.29) is 10.7 Å². The molecule has 0 aromatic heterocycles. The lowest BCUT2D eigenvalue weighted by Gasteiger charge is -2.06. The second-order valence-corrected chi connectivity index (χ2v) is 3.13. The molecule has 0 saturated heterocycles. The van der Waals surface area contributed by atoms with Crippen LogP contribution in [0, 0.1) is 5.82 Å². The van der Waals surface area contributed by atoms with Gasteiger partial charge >= 0.3 is 0 Å². The van der Waals surface area contributed by atoms with Crippen molar-refractivity contribution < 1.29 is 9.13 Å². The molecule has 0 heterocycles. The Hall–Kier alpha value is -1.42. The molecule has 0 amide bonds. The number of hydrogen-bond acceptors (Lipinski definition) is 2. The smallest absolute Gasteiger partial charge is 0.165 e. The van der Waals surface area contributed by atoms with Crippen LogP contribution in [0.25, 0.3) is 5.57 Å². The third-order valence-corrected chi connectivity index (χ3v) is 2.04. The van der Waals surface area contributed by atoms with Crippen molar-refractivity contribution in [3.05, 3.63) is 36.2 Å². The molecule has 0 aliphatic carbocycles. The highest BCUT2D eigenvalue weighted by atomic mass is 32.1. The van der Waals surface area contributed by atoms with Crippen molar-refractivity contribution in [3.63, 3.8) is 0 Å². The predicted molar refractivity (Wildman–Crippen MR) is 58.8 cm³/mol. The van der Waals surface area contributed by atoms with Crippen LogP contribution in [0.5, 0.6) is 5.75 Å². The Labute approximate surface area is 87.2 Å². The quantitative estimate of drug-likeness (QED) is 0.614. The average molecular weight is 211 g/mol. The molecule has 0 unspecified atom stereocenters. The van der Waals surface area contributed by atoms with Gasteiger partial charge in [0.15, 0.2) is 11.6 Å². The largest absolute Gasteiger partial charge is 0.494 e. The van der Waals surface area contributed by atoms with E-state index in [0.717, 1.165) is 0 Å². The summed E-state index contributed by atoms with van der Waals surface area (Å²) in [5.41, 5.74) is 6.38. The Morgan fingerprint density at radius 3 is 2.64 bits per heavy atom. The monoisotopic (exact) mass is 211 g/mol. The van der Waals surface area contributed by atoms with Gasteiger partial charge in [0, 0.05) is 5.57 Å². The summed E-state index contributed by atoms with van der Waals surface area (Å²) < 4.78 is 18.0. The van der Waals surface area contributed by atoms with Gasteiger partial charge in [-0.15, -0.1) is 0 Å². The predicted octanol–water partition coefficient (Wildman–Crippen LogP) is 2.13. The summed E-state index contributed by atoms with van der Waals surface area (Å²) in [5.74, 6) is -0.271. The van der Waals surface area contributed by atoms with Crippen molar-refractivity contribution in [1.29, 1.82) is 0 Å². The van der Waals surface area contributed by atoms with Gasteiger partial charge in [-0.05, 0) is 17.7 Å². The number of halogens is 1. The maximum absolute atomic E-state index is 13.2. The summed E-state index contributed by atoms with van der Waals surface area (Å²) in [4.78, 5) is 0.162. The maximum Gasteiger partial charge on any atom is 0.165 e. The first-order valence-corrected chi connectivity index (χ1v) is 4.29. The van der Waals surface area contributed by atoms with E-state index in [2.05, 4.69) is 6.58 Å². The lowest BCUT2D eigenvalue weighted by Crippen LogP contribution is -2.09.